The molecule has 2 nitrogen and oxygen atoms in total. The first-order valence-electron chi connectivity index (χ1n) is 8.50. The minimum Gasteiger partial charge on any atom is -0.748 e. The number of aliphatic hydroxyl groups is 2. The fourth-order valence-corrected chi connectivity index (χ4v) is 5.30. The summed E-state index contributed by atoms with van der Waals surface area (Å²) in [7, 11) is 0. The maximum Gasteiger partial charge on any atom is 0.0621 e. The average molecular weight is 352 g/mol. The summed E-state index contributed by atoms with van der Waals surface area (Å²) >= 11 is 0. The van der Waals surface area contributed by atoms with Crippen LogP contribution in [0.3, 0.4) is 0 Å². The SMILES string of the molecule is OC1C2CC3CC1C(O)C(C2)C3[c-]1cccc1.[Fe].[cH-]1[cH-][cH-][cH-][cH-]1. The molecule has 0 aromatic heterocycles. The van der Waals surface area contributed by atoms with Gasteiger partial charge in [0.05, 0.1) is 12.2 Å². The zero-order chi connectivity index (χ0) is 15.1. The number of hydrogen-bond acceptors (Lipinski definition) is 2. The van der Waals surface area contributed by atoms with Crippen LogP contribution in [-0.2, 0) is 17.1 Å². The van der Waals surface area contributed by atoms with Crippen molar-refractivity contribution in [2.45, 2.75) is 37.4 Å². The Hall–Kier alpha value is -0.861. The van der Waals surface area contributed by atoms with E-state index in [1.807, 2.05) is 30.3 Å². The second kappa shape index (κ2) is 6.94. The zero-order valence-corrected chi connectivity index (χ0v) is 14.2. The maximum atomic E-state index is 10.4. The van der Waals surface area contributed by atoms with Crippen LogP contribution in [0.5, 0.6) is 0 Å². The first-order valence-corrected chi connectivity index (χ1v) is 8.50. The van der Waals surface area contributed by atoms with E-state index in [0.717, 1.165) is 19.3 Å². The van der Waals surface area contributed by atoms with Crippen LogP contribution in [0, 0.1) is 23.7 Å². The van der Waals surface area contributed by atoms with Crippen LogP contribution in [0.1, 0.15) is 30.7 Å². The summed E-state index contributed by atoms with van der Waals surface area (Å²) in [6, 6.07) is 18.6. The van der Waals surface area contributed by atoms with Crippen molar-refractivity contribution < 1.29 is 27.3 Å². The summed E-state index contributed by atoms with van der Waals surface area (Å²) < 4.78 is 0. The van der Waals surface area contributed by atoms with E-state index in [9.17, 15) is 10.2 Å². The van der Waals surface area contributed by atoms with E-state index in [2.05, 4.69) is 24.3 Å². The van der Waals surface area contributed by atoms with E-state index in [1.54, 1.807) is 0 Å². The molecule has 4 fully saturated rings. The summed E-state index contributed by atoms with van der Waals surface area (Å²) in [6.45, 7) is 0. The molecule has 0 saturated heterocycles. The second-order valence-electron chi connectivity index (χ2n) is 7.24. The molecule has 0 spiro atoms. The van der Waals surface area contributed by atoms with Crippen LogP contribution >= 0.6 is 0 Å². The Kier molecular flexibility index (Phi) is 5.13. The van der Waals surface area contributed by atoms with Crippen LogP contribution < -0.4 is 0 Å². The third-order valence-electron chi connectivity index (χ3n) is 6.15. The largest absolute Gasteiger partial charge is 0.748 e. The van der Waals surface area contributed by atoms with Gasteiger partial charge in [-0.2, -0.15) is 17.7 Å². The molecule has 23 heavy (non-hydrogen) atoms. The monoisotopic (exact) mass is 352 g/mol. The van der Waals surface area contributed by atoms with Crippen molar-refractivity contribution in [3.05, 3.63) is 60.2 Å². The van der Waals surface area contributed by atoms with Gasteiger partial charge in [-0.3, -0.25) is 0 Å². The molecule has 0 amide bonds. The third kappa shape index (κ3) is 2.96. The molecule has 7 atom stereocenters. The van der Waals surface area contributed by atoms with Gasteiger partial charge in [-0.05, 0) is 37.0 Å². The Balaban J connectivity index is 0.000000226. The summed E-state index contributed by atoms with van der Waals surface area (Å²) in [5, 5.41) is 20.6. The van der Waals surface area contributed by atoms with E-state index in [4.69, 9.17) is 0 Å². The molecule has 4 bridgehead atoms. The zero-order valence-electron chi connectivity index (χ0n) is 13.1. The fraction of sp³-hybridized carbons (Fsp3) is 0.500. The fourth-order valence-electron chi connectivity index (χ4n) is 5.30. The van der Waals surface area contributed by atoms with Crippen molar-refractivity contribution in [1.82, 2.24) is 0 Å². The predicted molar refractivity (Wildman–Crippen MR) is 86.6 cm³/mol. The summed E-state index contributed by atoms with van der Waals surface area (Å²) in [6.07, 6.45) is 2.68. The van der Waals surface area contributed by atoms with Gasteiger partial charge in [-0.1, -0.05) is 5.92 Å². The van der Waals surface area contributed by atoms with Gasteiger partial charge in [0.2, 0.25) is 0 Å². The van der Waals surface area contributed by atoms with Crippen molar-refractivity contribution in [3.63, 3.8) is 0 Å². The van der Waals surface area contributed by atoms with Gasteiger partial charge in [0.1, 0.15) is 0 Å². The second-order valence-corrected chi connectivity index (χ2v) is 7.24. The Labute approximate surface area is 148 Å². The van der Waals surface area contributed by atoms with E-state index in [1.165, 1.54) is 5.56 Å². The van der Waals surface area contributed by atoms with Crippen LogP contribution in [0.25, 0.3) is 0 Å². The summed E-state index contributed by atoms with van der Waals surface area (Å²) in [5.74, 6) is 2.24. The molecule has 4 aliphatic rings. The molecule has 2 N–H and O–H groups in total. The molecular weight excluding hydrogens is 328 g/mol. The van der Waals surface area contributed by atoms with Crippen molar-refractivity contribution in [3.8, 4) is 0 Å². The Morgan fingerprint density at radius 2 is 1.30 bits per heavy atom. The number of aliphatic hydroxyl groups excluding tert-OH is 2. The third-order valence-corrected chi connectivity index (χ3v) is 6.15. The van der Waals surface area contributed by atoms with E-state index < -0.39 is 0 Å². The minimum absolute atomic E-state index is 0. The molecule has 6 rings (SSSR count). The first kappa shape index (κ1) is 17.0. The molecule has 3 heteroatoms. The number of rotatable bonds is 1. The van der Waals surface area contributed by atoms with Gasteiger partial charge in [0.25, 0.3) is 0 Å². The Bertz CT molecular complexity index is 560. The molecule has 0 aliphatic heterocycles. The smallest absolute Gasteiger partial charge is 0.0621 e. The summed E-state index contributed by atoms with van der Waals surface area (Å²) in [4.78, 5) is 0. The molecular formula is C20H24FeO2-6. The Morgan fingerprint density at radius 3 is 1.91 bits per heavy atom. The van der Waals surface area contributed by atoms with Crippen LogP contribution in [0.15, 0.2) is 54.6 Å². The Morgan fingerprint density at radius 1 is 0.739 bits per heavy atom. The van der Waals surface area contributed by atoms with Crippen LogP contribution in [0.4, 0.5) is 0 Å². The van der Waals surface area contributed by atoms with Gasteiger partial charge in [-0.15, -0.1) is 0 Å². The van der Waals surface area contributed by atoms with Gasteiger partial charge < -0.3 is 40.5 Å². The van der Waals surface area contributed by atoms with Crippen molar-refractivity contribution >= 4 is 0 Å². The molecule has 0 heterocycles. The van der Waals surface area contributed by atoms with Crippen LogP contribution in [-0.4, -0.2) is 22.4 Å². The quantitative estimate of drug-likeness (QED) is 0.611. The standard InChI is InChI=1S/C15H19O2.C5H5.Fe/c16-14-10-5-9-6-12(14)15(17)11(7-10)13(9)8-3-1-2-4-8;1-2-4-5-3-1;/h1-4,9-17H,5-7H2;1-5H;/q-1;-5;. The molecule has 4 saturated carbocycles. The van der Waals surface area contributed by atoms with E-state index >= 15 is 0 Å². The maximum absolute atomic E-state index is 10.4. The van der Waals surface area contributed by atoms with Crippen LogP contribution in [0.2, 0.25) is 0 Å². The molecule has 2 aromatic carbocycles. The van der Waals surface area contributed by atoms with Crippen molar-refractivity contribution in [1.29, 1.82) is 0 Å². The summed E-state index contributed by atoms with van der Waals surface area (Å²) in [5.41, 5.74) is 1.41. The molecule has 7 unspecified atom stereocenters. The van der Waals surface area contributed by atoms with E-state index in [-0.39, 0.29) is 35.2 Å². The van der Waals surface area contributed by atoms with Gasteiger partial charge >= 0.3 is 0 Å². The molecule has 2 aromatic rings. The molecule has 0 radical (unpaired) electrons. The van der Waals surface area contributed by atoms with Gasteiger partial charge in [0.15, 0.2) is 0 Å². The van der Waals surface area contributed by atoms with Gasteiger partial charge in [0, 0.05) is 23.0 Å². The topological polar surface area (TPSA) is 40.5 Å². The number of hydrogen-bond donors (Lipinski definition) is 2. The minimum atomic E-state index is -0.280. The van der Waals surface area contributed by atoms with Gasteiger partial charge in [-0.25, -0.2) is 12.1 Å². The average Bonchev–Trinajstić information content (AvgIpc) is 3.23. The van der Waals surface area contributed by atoms with E-state index in [0.29, 0.717) is 23.7 Å². The van der Waals surface area contributed by atoms with Crippen molar-refractivity contribution in [2.24, 2.45) is 23.7 Å². The first-order chi connectivity index (χ1) is 10.8. The molecule has 130 valence electrons. The normalized spacial score (nSPS) is 40.2. The predicted octanol–water partition coefficient (Wildman–Crippen LogP) is 3.29. The molecule has 4 aliphatic carbocycles. The van der Waals surface area contributed by atoms with Crippen molar-refractivity contribution in [2.75, 3.05) is 0 Å².